The van der Waals surface area contributed by atoms with Gasteiger partial charge >= 0.3 is 18.1 Å². The number of nitrogens with zero attached hydrogens (tertiary/aromatic N) is 4. The molecule has 0 aliphatic heterocycles. The van der Waals surface area contributed by atoms with Crippen molar-refractivity contribution in [3.05, 3.63) is 110 Å². The summed E-state index contributed by atoms with van der Waals surface area (Å²) >= 11 is 0. The van der Waals surface area contributed by atoms with E-state index in [4.69, 9.17) is 0 Å². The van der Waals surface area contributed by atoms with Gasteiger partial charge in [-0.15, -0.1) is 0 Å². The number of hydrogen-bond donors (Lipinski definition) is 6. The van der Waals surface area contributed by atoms with Gasteiger partial charge in [-0.1, -0.05) is 54.6 Å². The smallest absolute Gasteiger partial charge is 0.319 e. The molecule has 6 rings (SSSR count). The maximum Gasteiger partial charge on any atom is 0.319 e. The van der Waals surface area contributed by atoms with Crippen LogP contribution in [0.5, 0.6) is 0 Å². The van der Waals surface area contributed by atoms with Gasteiger partial charge in [0.25, 0.3) is 0 Å². The molecule has 6 aromatic rings. The molecule has 3 heterocycles. The standard InChI is InChI=1S/C36H36N10O3/c47-34(43-28-19-25-7-1-4-10-31(25)40-22-28)37-13-16-46(17-14-38-35(48)44-29-20-26-8-2-5-11-32(26)41-23-29)18-15-39-36(49)45-30-21-27-9-3-6-12-33(27)42-24-30/h1-12,19-24H,13-18H2,(H2,37,43,47)(H2,38,44,48)(H2,39,45,49). The van der Waals surface area contributed by atoms with Crippen LogP contribution in [0.15, 0.2) is 110 Å². The molecule has 0 spiro atoms. The number of hydrogen-bond acceptors (Lipinski definition) is 7. The molecule has 13 heteroatoms. The third kappa shape index (κ3) is 9.36. The number of pyridine rings is 3. The number of para-hydroxylation sites is 3. The second-order valence-corrected chi connectivity index (χ2v) is 11.2. The lowest BCUT2D eigenvalue weighted by Crippen LogP contribution is -2.44. The number of carbonyl (C=O) groups excluding carboxylic acids is 3. The third-order valence-electron chi connectivity index (χ3n) is 7.69. The number of urea groups is 3. The van der Waals surface area contributed by atoms with Gasteiger partial charge < -0.3 is 31.9 Å². The van der Waals surface area contributed by atoms with Gasteiger partial charge in [0.2, 0.25) is 0 Å². The lowest BCUT2D eigenvalue weighted by molar-refractivity contribution is 0.238. The average molecular weight is 657 g/mol. The van der Waals surface area contributed by atoms with E-state index in [0.717, 1.165) is 32.7 Å². The molecule has 0 atom stereocenters. The Labute approximate surface area is 282 Å². The van der Waals surface area contributed by atoms with Gasteiger partial charge in [0.15, 0.2) is 0 Å². The van der Waals surface area contributed by atoms with E-state index in [1.807, 2.05) is 95.9 Å². The van der Waals surface area contributed by atoms with Crippen molar-refractivity contribution in [3.8, 4) is 0 Å². The van der Waals surface area contributed by atoms with E-state index in [-0.39, 0.29) is 18.1 Å². The first-order valence-electron chi connectivity index (χ1n) is 15.9. The first kappa shape index (κ1) is 32.6. The van der Waals surface area contributed by atoms with Gasteiger partial charge in [-0.3, -0.25) is 19.9 Å². The number of carbonyl (C=O) groups is 3. The molecule has 3 aromatic carbocycles. The second-order valence-electron chi connectivity index (χ2n) is 11.2. The van der Waals surface area contributed by atoms with Crippen molar-refractivity contribution in [3.63, 3.8) is 0 Å². The second kappa shape index (κ2) is 16.0. The highest BCUT2D eigenvalue weighted by Crippen LogP contribution is 2.18. The fourth-order valence-electron chi connectivity index (χ4n) is 5.26. The number of nitrogens with one attached hydrogen (secondary N) is 6. The molecule has 3 aromatic heterocycles. The molecule has 0 aliphatic rings. The maximum absolute atomic E-state index is 12.6. The summed E-state index contributed by atoms with van der Waals surface area (Å²) in [7, 11) is 0. The molecule has 0 fully saturated rings. The zero-order chi connectivity index (χ0) is 33.8. The topological polar surface area (TPSA) is 165 Å². The minimum absolute atomic E-state index is 0.330. The monoisotopic (exact) mass is 656 g/mol. The normalized spacial score (nSPS) is 11.0. The van der Waals surface area contributed by atoms with Crippen LogP contribution in [0.2, 0.25) is 0 Å². The van der Waals surface area contributed by atoms with Crippen LogP contribution in [-0.4, -0.2) is 77.2 Å². The Morgan fingerprint density at radius 2 is 0.776 bits per heavy atom. The Hall–Kier alpha value is -6.34. The van der Waals surface area contributed by atoms with Crippen molar-refractivity contribution < 1.29 is 14.4 Å². The van der Waals surface area contributed by atoms with Crippen LogP contribution in [0, 0.1) is 0 Å². The van der Waals surface area contributed by atoms with Crippen molar-refractivity contribution in [2.75, 3.05) is 55.2 Å². The molecule has 0 saturated heterocycles. The minimum Gasteiger partial charge on any atom is -0.337 e. The summed E-state index contributed by atoms with van der Waals surface area (Å²) < 4.78 is 0. The lowest BCUT2D eigenvalue weighted by Gasteiger charge is -2.23. The fraction of sp³-hybridized carbons (Fsp3) is 0.167. The Bertz CT molecular complexity index is 1850. The van der Waals surface area contributed by atoms with Gasteiger partial charge in [0.05, 0.1) is 52.2 Å². The molecular formula is C36H36N10O3. The first-order valence-corrected chi connectivity index (χ1v) is 15.9. The molecular weight excluding hydrogens is 620 g/mol. The highest BCUT2D eigenvalue weighted by atomic mass is 16.2. The van der Waals surface area contributed by atoms with E-state index < -0.39 is 0 Å². The number of fused-ring (bicyclic) bond motifs is 3. The van der Waals surface area contributed by atoms with Crippen LogP contribution >= 0.6 is 0 Å². The molecule has 49 heavy (non-hydrogen) atoms. The maximum atomic E-state index is 12.6. The number of aromatic nitrogens is 3. The van der Waals surface area contributed by atoms with Crippen LogP contribution in [0.25, 0.3) is 32.7 Å². The lowest BCUT2D eigenvalue weighted by atomic mass is 10.2. The minimum atomic E-state index is -0.361. The van der Waals surface area contributed by atoms with Gasteiger partial charge in [-0.05, 0) is 36.4 Å². The van der Waals surface area contributed by atoms with Crippen LogP contribution in [-0.2, 0) is 0 Å². The SMILES string of the molecule is O=C(NCCN(CCNC(=O)Nc1cnc2ccccc2c1)CCNC(=O)Nc1cnc2ccccc2c1)Nc1cnc2ccccc2c1. The Balaban J connectivity index is 0.989. The van der Waals surface area contributed by atoms with E-state index in [1.165, 1.54) is 0 Å². The summed E-state index contributed by atoms with van der Waals surface area (Å²) in [5.74, 6) is 0. The Kier molecular flexibility index (Phi) is 10.6. The molecule has 248 valence electrons. The van der Waals surface area contributed by atoms with Crippen molar-refractivity contribution in [2.45, 2.75) is 0 Å². The number of benzene rings is 3. The molecule has 0 aliphatic carbocycles. The summed E-state index contributed by atoms with van der Waals surface area (Å²) in [6.45, 7) is 2.40. The molecule has 6 N–H and O–H groups in total. The molecule has 0 bridgehead atoms. The molecule has 13 nitrogen and oxygen atoms in total. The summed E-state index contributed by atoms with van der Waals surface area (Å²) in [6.07, 6.45) is 4.84. The summed E-state index contributed by atoms with van der Waals surface area (Å²) in [5, 5.41) is 19.8. The van der Waals surface area contributed by atoms with Crippen molar-refractivity contribution >= 4 is 67.9 Å². The van der Waals surface area contributed by atoms with Gasteiger partial charge in [-0.2, -0.15) is 0 Å². The highest BCUT2D eigenvalue weighted by molar-refractivity contribution is 5.93. The van der Waals surface area contributed by atoms with E-state index in [2.05, 4.69) is 46.9 Å². The molecule has 0 unspecified atom stereocenters. The van der Waals surface area contributed by atoms with Crippen LogP contribution in [0.1, 0.15) is 0 Å². The number of rotatable bonds is 12. The summed E-state index contributed by atoms with van der Waals surface area (Å²) in [5.41, 5.74) is 4.29. The third-order valence-corrected chi connectivity index (χ3v) is 7.69. The predicted octanol–water partition coefficient (Wildman–Crippen LogP) is 5.40. The Morgan fingerprint density at radius 3 is 1.10 bits per heavy atom. The van der Waals surface area contributed by atoms with Crippen molar-refractivity contribution in [2.24, 2.45) is 0 Å². The molecule has 0 radical (unpaired) electrons. The van der Waals surface area contributed by atoms with E-state index in [1.54, 1.807) is 18.6 Å². The average Bonchev–Trinajstić information content (AvgIpc) is 3.11. The van der Waals surface area contributed by atoms with Gasteiger partial charge in [-0.25, -0.2) is 14.4 Å². The van der Waals surface area contributed by atoms with Gasteiger partial charge in [0.1, 0.15) is 0 Å². The van der Waals surface area contributed by atoms with E-state index >= 15 is 0 Å². The molecule has 6 amide bonds. The highest BCUT2D eigenvalue weighted by Gasteiger charge is 2.11. The first-order chi connectivity index (χ1) is 24.0. The predicted molar refractivity (Wildman–Crippen MR) is 193 cm³/mol. The van der Waals surface area contributed by atoms with Crippen molar-refractivity contribution in [1.29, 1.82) is 0 Å². The van der Waals surface area contributed by atoms with Crippen LogP contribution in [0.3, 0.4) is 0 Å². The number of anilines is 3. The Morgan fingerprint density at radius 1 is 0.469 bits per heavy atom. The quantitative estimate of drug-likeness (QED) is 0.103. The van der Waals surface area contributed by atoms with Crippen LogP contribution < -0.4 is 31.9 Å². The molecule has 0 saturated carbocycles. The van der Waals surface area contributed by atoms with Crippen LogP contribution in [0.4, 0.5) is 31.4 Å². The zero-order valence-electron chi connectivity index (χ0n) is 26.6. The van der Waals surface area contributed by atoms with Gasteiger partial charge in [0, 0.05) is 55.4 Å². The largest absolute Gasteiger partial charge is 0.337 e. The summed E-state index contributed by atoms with van der Waals surface area (Å²) in [6, 6.07) is 27.5. The fourth-order valence-corrected chi connectivity index (χ4v) is 5.26. The van der Waals surface area contributed by atoms with E-state index in [0.29, 0.717) is 56.3 Å². The van der Waals surface area contributed by atoms with Crippen molar-refractivity contribution in [1.82, 2.24) is 35.8 Å². The number of amides is 6. The zero-order valence-corrected chi connectivity index (χ0v) is 26.6. The van der Waals surface area contributed by atoms with E-state index in [9.17, 15) is 14.4 Å². The summed E-state index contributed by atoms with van der Waals surface area (Å²) in [4.78, 5) is 53.1.